The molecule has 0 atom stereocenters. The van der Waals surface area contributed by atoms with Crippen molar-refractivity contribution in [3.8, 4) is 0 Å². The maximum absolute atomic E-state index is 1.50. The second kappa shape index (κ2) is 13.1. The summed E-state index contributed by atoms with van der Waals surface area (Å²) in [6.07, 6.45) is 18.0. The van der Waals surface area contributed by atoms with Crippen LogP contribution in [0.3, 0.4) is 0 Å². The molecule has 0 spiro atoms. The Hall–Kier alpha value is 0.0649. The van der Waals surface area contributed by atoms with Crippen LogP contribution in [0.1, 0.15) is 85.9 Å². The van der Waals surface area contributed by atoms with Gasteiger partial charge in [-0.25, -0.2) is 0 Å². The van der Waals surface area contributed by atoms with Crippen molar-refractivity contribution in [2.24, 2.45) is 0 Å². The monoisotopic (exact) mass is 198 g/mol. The molecular formula is C13H30B. The predicted octanol–water partition coefficient (Wildman–Crippen LogP) is 5.18. The van der Waals surface area contributed by atoms with E-state index in [1.54, 1.807) is 0 Å². The Bertz CT molecular complexity index is 53.5. The fraction of sp³-hybridized carbons (Fsp3) is 1.00. The summed E-state index contributed by atoms with van der Waals surface area (Å²) in [7, 11) is 0. The molecule has 0 bridgehead atoms. The minimum atomic E-state index is 0. The van der Waals surface area contributed by atoms with Crippen molar-refractivity contribution in [1.29, 1.82) is 0 Å². The largest absolute Gasteiger partial charge is 0.0776 e. The number of rotatable bonds is 0. The van der Waals surface area contributed by atoms with Gasteiger partial charge >= 0.3 is 0 Å². The molecule has 2 rings (SSSR count). The fourth-order valence-corrected chi connectivity index (χ4v) is 2.12. The molecule has 0 aromatic heterocycles. The van der Waals surface area contributed by atoms with Gasteiger partial charge in [-0.05, 0) is 0 Å². The minimum Gasteiger partial charge on any atom is -0.0776 e. The van der Waals surface area contributed by atoms with Crippen LogP contribution in [0.2, 0.25) is 0 Å². The van der Waals surface area contributed by atoms with Crippen LogP contribution in [-0.2, 0) is 0 Å². The summed E-state index contributed by atoms with van der Waals surface area (Å²) in [5, 5.41) is 0. The molecule has 2 aliphatic rings. The molecule has 0 heterocycles. The van der Waals surface area contributed by atoms with E-state index in [0.717, 1.165) is 0 Å². The van der Waals surface area contributed by atoms with Gasteiger partial charge in [0.15, 0.2) is 0 Å². The van der Waals surface area contributed by atoms with Gasteiger partial charge in [0, 0.05) is 9.84 Å². The van der Waals surface area contributed by atoms with E-state index in [1.165, 1.54) is 77.0 Å². The van der Waals surface area contributed by atoms with Crippen molar-refractivity contribution in [2.75, 3.05) is 0 Å². The molecule has 0 aliphatic heterocycles. The summed E-state index contributed by atoms with van der Waals surface area (Å²) in [5.41, 5.74) is 0. The molecule has 14 heavy (non-hydrogen) atoms. The first-order chi connectivity index (χ1) is 6.00. The first-order valence-electron chi connectivity index (χ1n) is 6.00. The van der Waals surface area contributed by atoms with Gasteiger partial charge < -0.3 is 0 Å². The maximum atomic E-state index is 1.50. The fourth-order valence-electron chi connectivity index (χ4n) is 2.12. The topological polar surface area (TPSA) is 0 Å². The zero-order valence-corrected chi connectivity index (χ0v) is 9.06. The molecule has 85 valence electrons. The van der Waals surface area contributed by atoms with Crippen LogP contribution >= 0.6 is 0 Å². The highest BCUT2D eigenvalue weighted by molar-refractivity contribution is 5.75. The highest BCUT2D eigenvalue weighted by Gasteiger charge is 1.96. The van der Waals surface area contributed by atoms with Crippen molar-refractivity contribution in [2.45, 2.75) is 84.5 Å². The van der Waals surface area contributed by atoms with Gasteiger partial charge in [-0.2, -0.15) is 0 Å². The second-order valence-electron chi connectivity index (χ2n) is 4.24. The Balaban J connectivity index is -0.000000160. The van der Waals surface area contributed by atoms with Crippen LogP contribution in [0, 0.1) is 0 Å². The molecule has 0 N–H and O–H groups in total. The Morgan fingerprint density at radius 3 is 0.500 bits per heavy atom. The van der Waals surface area contributed by atoms with E-state index in [2.05, 4.69) is 0 Å². The Labute approximate surface area is 94.9 Å². The molecule has 1 heteroatoms. The third-order valence-corrected chi connectivity index (χ3v) is 3.00. The average Bonchev–Trinajstić information content (AvgIpc) is 2.24. The van der Waals surface area contributed by atoms with E-state index < -0.39 is 0 Å². The summed E-state index contributed by atoms with van der Waals surface area (Å²) in [4.78, 5) is 0. The van der Waals surface area contributed by atoms with Crippen LogP contribution in [0.15, 0.2) is 0 Å². The summed E-state index contributed by atoms with van der Waals surface area (Å²) in [5.74, 6) is 0. The van der Waals surface area contributed by atoms with Crippen LogP contribution in [0.25, 0.3) is 0 Å². The van der Waals surface area contributed by atoms with E-state index >= 15 is 0 Å². The van der Waals surface area contributed by atoms with Crippen molar-refractivity contribution < 1.29 is 1.43 Å². The molecule has 2 saturated carbocycles. The lowest BCUT2D eigenvalue weighted by Crippen LogP contribution is -1.85. The minimum absolute atomic E-state index is 0. The lowest BCUT2D eigenvalue weighted by atomic mass is 10.0. The van der Waals surface area contributed by atoms with Crippen molar-refractivity contribution in [3.63, 3.8) is 0 Å². The zero-order chi connectivity index (χ0) is 8.49. The molecule has 0 aromatic carbocycles. The average molecular weight is 198 g/mol. The summed E-state index contributed by atoms with van der Waals surface area (Å²) < 4.78 is 0. The zero-order valence-electron chi connectivity index (χ0n) is 9.06. The third-order valence-electron chi connectivity index (χ3n) is 3.00. The predicted molar refractivity (Wildman–Crippen MR) is 70.0 cm³/mol. The van der Waals surface area contributed by atoms with E-state index in [0.29, 0.717) is 0 Å². The normalized spacial score (nSPS) is 20.6. The quantitative estimate of drug-likeness (QED) is 0.470. The summed E-state index contributed by atoms with van der Waals surface area (Å²) in [6.45, 7) is 0. The van der Waals surface area contributed by atoms with E-state index in [4.69, 9.17) is 0 Å². The first kappa shape index (κ1) is 16.5. The molecular weight excluding hydrogens is 167 g/mol. The van der Waals surface area contributed by atoms with Gasteiger partial charge in [-0.1, -0.05) is 84.5 Å². The number of hydrogen-bond acceptors (Lipinski definition) is 0. The molecule has 0 aromatic rings. The smallest absolute Gasteiger partial charge is 0 e. The molecule has 2 fully saturated rings. The Kier molecular flexibility index (Phi) is 15.4. The third kappa shape index (κ3) is 10.1. The summed E-state index contributed by atoms with van der Waals surface area (Å²) in [6, 6.07) is 0. The summed E-state index contributed by atoms with van der Waals surface area (Å²) >= 11 is 0. The van der Waals surface area contributed by atoms with Gasteiger partial charge in [0.05, 0.1) is 0 Å². The van der Waals surface area contributed by atoms with Crippen molar-refractivity contribution >= 4 is 8.41 Å². The molecule has 0 unspecified atom stereocenters. The highest BCUT2D eigenvalue weighted by Crippen LogP contribution is 2.15. The van der Waals surface area contributed by atoms with Gasteiger partial charge in [0.25, 0.3) is 0 Å². The Morgan fingerprint density at radius 2 is 0.429 bits per heavy atom. The Morgan fingerprint density at radius 1 is 0.357 bits per heavy atom. The van der Waals surface area contributed by atoms with Crippen LogP contribution < -0.4 is 0 Å². The van der Waals surface area contributed by atoms with Crippen LogP contribution in [0.5, 0.6) is 0 Å². The lowest BCUT2D eigenvalue weighted by Gasteiger charge is -2.05. The van der Waals surface area contributed by atoms with Crippen LogP contribution in [0.4, 0.5) is 0 Å². The van der Waals surface area contributed by atoms with Crippen molar-refractivity contribution in [3.05, 3.63) is 0 Å². The van der Waals surface area contributed by atoms with Gasteiger partial charge in [0.1, 0.15) is 0 Å². The van der Waals surface area contributed by atoms with Crippen molar-refractivity contribution in [1.82, 2.24) is 0 Å². The molecule has 0 nitrogen and oxygen atoms in total. The van der Waals surface area contributed by atoms with E-state index in [9.17, 15) is 0 Å². The first-order valence-corrected chi connectivity index (χ1v) is 6.00. The van der Waals surface area contributed by atoms with E-state index in [-0.39, 0.29) is 17.3 Å². The molecule has 3 radical (unpaired) electrons. The van der Waals surface area contributed by atoms with E-state index in [1.807, 2.05) is 0 Å². The van der Waals surface area contributed by atoms with Gasteiger partial charge in [0.2, 0.25) is 0 Å². The second-order valence-corrected chi connectivity index (χ2v) is 4.24. The molecule has 2 aliphatic carbocycles. The van der Waals surface area contributed by atoms with Crippen LogP contribution in [-0.4, -0.2) is 8.41 Å². The molecule has 0 amide bonds. The SMILES string of the molecule is C.C1CCCCC1.C1CCCCC1.[2HH].[B]. The highest BCUT2D eigenvalue weighted by atomic mass is 14.0. The van der Waals surface area contributed by atoms with Gasteiger partial charge in [-0.3, -0.25) is 0 Å². The number of hydrogen-bond donors (Lipinski definition) is 0. The van der Waals surface area contributed by atoms with Gasteiger partial charge in [-0.15, -0.1) is 0 Å². The maximum Gasteiger partial charge on any atom is 0 e. The standard InChI is InChI=1S/2C6H12.CH4.B.H2/c2*1-2-4-6-5-3-1;;;/h2*1-6H2;1H4;;1H/i;;;;1+1. The molecule has 0 saturated heterocycles. The lowest BCUT2D eigenvalue weighted by molar-refractivity contribution is 0.504.